The summed E-state index contributed by atoms with van der Waals surface area (Å²) in [5.74, 6) is -0.179. The molecule has 0 saturated carbocycles. The quantitative estimate of drug-likeness (QED) is 0.872. The van der Waals surface area contributed by atoms with Gasteiger partial charge in [0, 0.05) is 30.9 Å². The summed E-state index contributed by atoms with van der Waals surface area (Å²) in [5.41, 5.74) is 0.475. The van der Waals surface area contributed by atoms with Gasteiger partial charge in [-0.2, -0.15) is 0 Å². The van der Waals surface area contributed by atoms with Gasteiger partial charge in [0.15, 0.2) is 0 Å². The maximum atomic E-state index is 12.7. The minimum Gasteiger partial charge on any atom is -0.383 e. The highest BCUT2D eigenvalue weighted by atomic mass is 35.5. The van der Waals surface area contributed by atoms with Gasteiger partial charge in [-0.3, -0.25) is 9.59 Å². The molecule has 0 unspecified atom stereocenters. The first-order chi connectivity index (χ1) is 11.3. The average Bonchev–Trinajstić information content (AvgIpc) is 2.55. The summed E-state index contributed by atoms with van der Waals surface area (Å²) >= 11 is 6.02. The van der Waals surface area contributed by atoms with Crippen molar-refractivity contribution in [2.75, 3.05) is 19.0 Å². The molecule has 0 aliphatic rings. The molecule has 1 heterocycles. The molecule has 2 aromatic rings. The predicted octanol–water partition coefficient (Wildman–Crippen LogP) is 3.06. The number of hydrogen-bond acceptors (Lipinski definition) is 3. The van der Waals surface area contributed by atoms with Crippen LogP contribution in [0.4, 0.5) is 5.69 Å². The molecule has 0 spiro atoms. The Morgan fingerprint density at radius 1 is 1.29 bits per heavy atom. The lowest BCUT2D eigenvalue weighted by Crippen LogP contribution is -2.35. The highest BCUT2D eigenvalue weighted by molar-refractivity contribution is 6.30. The molecule has 0 aliphatic carbocycles. The van der Waals surface area contributed by atoms with E-state index in [1.54, 1.807) is 31.5 Å². The van der Waals surface area contributed by atoms with E-state index in [1.165, 1.54) is 10.6 Å². The molecule has 0 aliphatic heterocycles. The third-order valence-corrected chi connectivity index (χ3v) is 4.13. The Kier molecular flexibility index (Phi) is 5.80. The zero-order chi connectivity index (χ0) is 17.7. The molecule has 0 saturated heterocycles. The van der Waals surface area contributed by atoms with Crippen LogP contribution < -0.4 is 10.9 Å². The van der Waals surface area contributed by atoms with Gasteiger partial charge in [0.05, 0.1) is 17.7 Å². The summed E-state index contributed by atoms with van der Waals surface area (Å²) in [6.45, 7) is 4.51. The first kappa shape index (κ1) is 18.2. The fourth-order valence-electron chi connectivity index (χ4n) is 2.27. The number of nitrogens with one attached hydrogen (secondary N) is 1. The van der Waals surface area contributed by atoms with Crippen molar-refractivity contribution >= 4 is 23.2 Å². The van der Waals surface area contributed by atoms with E-state index in [0.717, 1.165) is 5.56 Å². The average molecular weight is 349 g/mol. The monoisotopic (exact) mass is 348 g/mol. The zero-order valence-electron chi connectivity index (χ0n) is 14.0. The molecule has 2 rings (SSSR count). The second-order valence-electron chi connectivity index (χ2n) is 6.03. The number of benzene rings is 1. The lowest BCUT2D eigenvalue weighted by atomic mass is 9.83. The van der Waals surface area contributed by atoms with Crippen LogP contribution in [0.3, 0.4) is 0 Å². The maximum Gasteiger partial charge on any atom is 0.250 e. The molecule has 128 valence electrons. The summed E-state index contributed by atoms with van der Waals surface area (Å²) in [4.78, 5) is 24.5. The van der Waals surface area contributed by atoms with Gasteiger partial charge < -0.3 is 14.6 Å². The van der Waals surface area contributed by atoms with Crippen molar-refractivity contribution in [3.63, 3.8) is 0 Å². The van der Waals surface area contributed by atoms with E-state index in [0.29, 0.717) is 23.9 Å². The summed E-state index contributed by atoms with van der Waals surface area (Å²) in [6.07, 6.45) is 1.62. The highest BCUT2D eigenvalue weighted by Crippen LogP contribution is 2.27. The second kappa shape index (κ2) is 7.64. The Hall–Kier alpha value is -2.11. The fraction of sp³-hybridized carbons (Fsp3) is 0.333. The SMILES string of the molecule is COCCn1cc(NC(=O)C(C)(C)c2cccc(Cl)c2)ccc1=O. The van der Waals surface area contributed by atoms with E-state index in [-0.39, 0.29) is 11.5 Å². The number of methoxy groups -OCH3 is 1. The van der Waals surface area contributed by atoms with Crippen molar-refractivity contribution in [3.05, 3.63) is 63.5 Å². The minimum absolute atomic E-state index is 0.140. The number of carbonyl (C=O) groups is 1. The fourth-order valence-corrected chi connectivity index (χ4v) is 2.46. The van der Waals surface area contributed by atoms with Gasteiger partial charge in [0.2, 0.25) is 5.91 Å². The van der Waals surface area contributed by atoms with Crippen molar-refractivity contribution < 1.29 is 9.53 Å². The number of ether oxygens (including phenoxy) is 1. The van der Waals surface area contributed by atoms with Crippen molar-refractivity contribution in [3.8, 4) is 0 Å². The molecule has 1 amide bonds. The maximum absolute atomic E-state index is 12.7. The van der Waals surface area contributed by atoms with Crippen LogP contribution in [0.5, 0.6) is 0 Å². The Morgan fingerprint density at radius 2 is 2.04 bits per heavy atom. The standard InChI is InChI=1S/C18H21ClN2O3/c1-18(2,13-5-4-6-14(19)11-13)17(23)20-15-7-8-16(22)21(12-15)9-10-24-3/h4-8,11-12H,9-10H2,1-3H3,(H,20,23). The van der Waals surface area contributed by atoms with E-state index >= 15 is 0 Å². The molecule has 6 heteroatoms. The number of rotatable bonds is 6. The van der Waals surface area contributed by atoms with Crippen LogP contribution in [-0.4, -0.2) is 24.2 Å². The van der Waals surface area contributed by atoms with Crippen LogP contribution in [-0.2, 0) is 21.5 Å². The molecule has 0 fully saturated rings. The third kappa shape index (κ3) is 4.24. The number of pyridine rings is 1. The predicted molar refractivity (Wildman–Crippen MR) is 95.7 cm³/mol. The molecular formula is C18H21ClN2O3. The van der Waals surface area contributed by atoms with Gasteiger partial charge in [-0.05, 0) is 37.6 Å². The number of carbonyl (C=O) groups excluding carboxylic acids is 1. The summed E-state index contributed by atoms with van der Waals surface area (Å²) < 4.78 is 6.49. The van der Waals surface area contributed by atoms with Gasteiger partial charge in [-0.15, -0.1) is 0 Å². The van der Waals surface area contributed by atoms with Crippen LogP contribution in [0.1, 0.15) is 19.4 Å². The van der Waals surface area contributed by atoms with Crippen LogP contribution in [0.25, 0.3) is 0 Å². The molecule has 24 heavy (non-hydrogen) atoms. The zero-order valence-corrected chi connectivity index (χ0v) is 14.8. The van der Waals surface area contributed by atoms with Crippen molar-refractivity contribution in [1.82, 2.24) is 4.57 Å². The van der Waals surface area contributed by atoms with E-state index < -0.39 is 5.41 Å². The first-order valence-electron chi connectivity index (χ1n) is 7.61. The molecule has 1 aromatic carbocycles. The van der Waals surface area contributed by atoms with Gasteiger partial charge in [0.25, 0.3) is 5.56 Å². The molecular weight excluding hydrogens is 328 g/mol. The smallest absolute Gasteiger partial charge is 0.250 e. The number of nitrogens with zero attached hydrogens (tertiary/aromatic N) is 1. The van der Waals surface area contributed by atoms with Gasteiger partial charge in [-0.1, -0.05) is 23.7 Å². The largest absolute Gasteiger partial charge is 0.383 e. The van der Waals surface area contributed by atoms with E-state index in [9.17, 15) is 9.59 Å². The van der Waals surface area contributed by atoms with Gasteiger partial charge in [-0.25, -0.2) is 0 Å². The van der Waals surface area contributed by atoms with Crippen molar-refractivity contribution in [1.29, 1.82) is 0 Å². The number of halogens is 1. The normalized spacial score (nSPS) is 11.3. The third-order valence-electron chi connectivity index (χ3n) is 3.89. The number of anilines is 1. The molecule has 0 radical (unpaired) electrons. The number of aromatic nitrogens is 1. The lowest BCUT2D eigenvalue weighted by molar-refractivity contribution is -0.120. The summed E-state index contributed by atoms with van der Waals surface area (Å²) in [6, 6.07) is 10.3. The number of amides is 1. The van der Waals surface area contributed by atoms with E-state index in [2.05, 4.69) is 5.32 Å². The number of hydrogen-bond donors (Lipinski definition) is 1. The first-order valence-corrected chi connectivity index (χ1v) is 7.99. The van der Waals surface area contributed by atoms with Crippen LogP contribution in [0.15, 0.2) is 47.4 Å². The summed E-state index contributed by atoms with van der Waals surface area (Å²) in [5, 5.41) is 3.45. The van der Waals surface area contributed by atoms with Crippen LogP contribution in [0.2, 0.25) is 5.02 Å². The molecule has 1 N–H and O–H groups in total. The van der Waals surface area contributed by atoms with Crippen molar-refractivity contribution in [2.45, 2.75) is 25.8 Å². The second-order valence-corrected chi connectivity index (χ2v) is 6.47. The molecule has 0 bridgehead atoms. The summed E-state index contributed by atoms with van der Waals surface area (Å²) in [7, 11) is 1.57. The van der Waals surface area contributed by atoms with Crippen LogP contribution >= 0.6 is 11.6 Å². The Labute approximate surface area is 146 Å². The van der Waals surface area contributed by atoms with Gasteiger partial charge >= 0.3 is 0 Å². The van der Waals surface area contributed by atoms with E-state index in [4.69, 9.17) is 16.3 Å². The van der Waals surface area contributed by atoms with Gasteiger partial charge in [0.1, 0.15) is 0 Å². The Morgan fingerprint density at radius 3 is 2.71 bits per heavy atom. The van der Waals surface area contributed by atoms with Crippen molar-refractivity contribution in [2.24, 2.45) is 0 Å². The Balaban J connectivity index is 2.21. The topological polar surface area (TPSA) is 60.3 Å². The van der Waals surface area contributed by atoms with Crippen LogP contribution in [0, 0.1) is 0 Å². The molecule has 5 nitrogen and oxygen atoms in total. The highest BCUT2D eigenvalue weighted by Gasteiger charge is 2.30. The lowest BCUT2D eigenvalue weighted by Gasteiger charge is -2.24. The Bertz CT molecular complexity index is 784. The minimum atomic E-state index is -0.765. The van der Waals surface area contributed by atoms with E-state index in [1.807, 2.05) is 26.0 Å². The molecule has 0 atom stereocenters. The molecule has 1 aromatic heterocycles.